The highest BCUT2D eigenvalue weighted by Crippen LogP contribution is 2.29. The molecule has 0 bridgehead atoms. The lowest BCUT2D eigenvalue weighted by molar-refractivity contribution is 0.0970. The highest BCUT2D eigenvalue weighted by Gasteiger charge is 2.27. The highest BCUT2D eigenvalue weighted by atomic mass is 35.5. The number of ketones is 1. The van der Waals surface area contributed by atoms with Crippen molar-refractivity contribution >= 4 is 28.7 Å². The summed E-state index contributed by atoms with van der Waals surface area (Å²) in [6.07, 6.45) is 0. The van der Waals surface area contributed by atoms with Gasteiger partial charge in [0.1, 0.15) is 10.8 Å². The first kappa shape index (κ1) is 15.4. The predicted molar refractivity (Wildman–Crippen MR) is 86.5 cm³/mol. The van der Waals surface area contributed by atoms with Gasteiger partial charge in [-0.05, 0) is 19.1 Å². The number of carbonyl (C=O) groups excluding carboxylic acids is 1. The minimum atomic E-state index is -0.995. The van der Waals surface area contributed by atoms with Crippen LogP contribution in [0.25, 0.3) is 11.3 Å². The highest BCUT2D eigenvalue weighted by molar-refractivity contribution is 7.10. The number of aryl methyl sites for hydroxylation is 1. The number of benzene rings is 1. The molecule has 0 unspecified atom stereocenters. The van der Waals surface area contributed by atoms with E-state index in [9.17, 15) is 10.1 Å². The van der Waals surface area contributed by atoms with Gasteiger partial charge < -0.3 is 4.52 Å². The molecule has 1 atom stereocenters. The van der Waals surface area contributed by atoms with Crippen LogP contribution in [0.5, 0.6) is 0 Å². The number of rotatable bonds is 4. The summed E-state index contributed by atoms with van der Waals surface area (Å²) in [4.78, 5) is 16.8. The van der Waals surface area contributed by atoms with Gasteiger partial charge in [-0.25, -0.2) is 4.98 Å². The molecule has 0 N–H and O–H groups in total. The van der Waals surface area contributed by atoms with Crippen LogP contribution in [0.2, 0.25) is 5.02 Å². The zero-order valence-corrected chi connectivity index (χ0v) is 13.6. The number of hydrogen-bond donors (Lipinski definition) is 0. The SMILES string of the molecule is Cc1cc(C(=O)[C@H](C#N)c2nc(-c3ccc(Cl)cc3)cs2)no1. The molecule has 0 saturated heterocycles. The molecule has 0 fully saturated rings. The smallest absolute Gasteiger partial charge is 0.208 e. The van der Waals surface area contributed by atoms with Gasteiger partial charge in [-0.3, -0.25) is 4.79 Å². The van der Waals surface area contributed by atoms with Crippen molar-refractivity contribution in [3.8, 4) is 17.3 Å². The number of thiazole rings is 1. The Morgan fingerprint density at radius 1 is 1.39 bits per heavy atom. The van der Waals surface area contributed by atoms with Crippen LogP contribution in [0.15, 0.2) is 40.2 Å². The van der Waals surface area contributed by atoms with Crippen LogP contribution in [0.1, 0.15) is 27.2 Å². The van der Waals surface area contributed by atoms with Crippen molar-refractivity contribution in [2.45, 2.75) is 12.8 Å². The molecule has 0 saturated carbocycles. The second kappa shape index (κ2) is 6.32. The Balaban J connectivity index is 1.90. The molecule has 3 rings (SSSR count). The molecule has 0 aliphatic heterocycles. The van der Waals surface area contributed by atoms with E-state index in [1.54, 1.807) is 19.1 Å². The lowest BCUT2D eigenvalue weighted by Gasteiger charge is -2.01. The van der Waals surface area contributed by atoms with Crippen molar-refractivity contribution in [2.75, 3.05) is 0 Å². The number of halogens is 1. The Kier molecular flexibility index (Phi) is 4.24. The lowest BCUT2D eigenvalue weighted by Crippen LogP contribution is -2.11. The van der Waals surface area contributed by atoms with Gasteiger partial charge in [-0.2, -0.15) is 5.26 Å². The number of nitrogens with zero attached hydrogens (tertiary/aromatic N) is 3. The fourth-order valence-corrected chi connectivity index (χ4v) is 3.02. The standard InChI is InChI=1S/C16H10ClN3O2S/c1-9-6-13(20-22-9)15(21)12(7-18)16-19-14(8-23-16)10-2-4-11(17)5-3-10/h2-6,8,12H,1H3/t12-/m0/s1. The Morgan fingerprint density at radius 3 is 2.74 bits per heavy atom. The summed E-state index contributed by atoms with van der Waals surface area (Å²) in [7, 11) is 0. The summed E-state index contributed by atoms with van der Waals surface area (Å²) in [6, 6.07) is 10.7. The zero-order valence-electron chi connectivity index (χ0n) is 12.0. The summed E-state index contributed by atoms with van der Waals surface area (Å²) >= 11 is 7.13. The van der Waals surface area contributed by atoms with E-state index >= 15 is 0 Å². The molecule has 114 valence electrons. The molecule has 0 amide bonds. The maximum atomic E-state index is 12.4. The molecule has 2 heterocycles. The molecule has 0 radical (unpaired) electrons. The van der Waals surface area contributed by atoms with E-state index < -0.39 is 11.7 Å². The van der Waals surface area contributed by atoms with Crippen molar-refractivity contribution in [3.63, 3.8) is 0 Å². The maximum absolute atomic E-state index is 12.4. The molecule has 7 heteroatoms. The van der Waals surface area contributed by atoms with Crippen LogP contribution >= 0.6 is 22.9 Å². The summed E-state index contributed by atoms with van der Waals surface area (Å²) in [5, 5.41) is 15.9. The molecule has 23 heavy (non-hydrogen) atoms. The normalized spacial score (nSPS) is 11.9. The van der Waals surface area contributed by atoms with Crippen LogP contribution in [0.4, 0.5) is 0 Å². The average Bonchev–Trinajstić information content (AvgIpc) is 3.18. The van der Waals surface area contributed by atoms with Crippen molar-refractivity contribution in [1.82, 2.24) is 10.1 Å². The molecule has 0 spiro atoms. The Bertz CT molecular complexity index is 893. The molecular formula is C16H10ClN3O2S. The summed E-state index contributed by atoms with van der Waals surface area (Å²) in [5.41, 5.74) is 1.71. The third kappa shape index (κ3) is 3.16. The van der Waals surface area contributed by atoms with Gasteiger partial charge in [-0.15, -0.1) is 11.3 Å². The van der Waals surface area contributed by atoms with Gasteiger partial charge in [0.05, 0.1) is 11.8 Å². The second-order valence-corrected chi connectivity index (χ2v) is 6.15. The quantitative estimate of drug-likeness (QED) is 0.661. The molecule has 1 aromatic carbocycles. The number of Topliss-reactive ketones (excluding diaryl/α,β-unsaturated/α-hetero) is 1. The summed E-state index contributed by atoms with van der Waals surface area (Å²) in [6.45, 7) is 1.69. The summed E-state index contributed by atoms with van der Waals surface area (Å²) in [5.74, 6) is -0.891. The number of aromatic nitrogens is 2. The van der Waals surface area contributed by atoms with Gasteiger partial charge in [0.2, 0.25) is 5.78 Å². The van der Waals surface area contributed by atoms with Crippen LogP contribution in [0.3, 0.4) is 0 Å². The van der Waals surface area contributed by atoms with Gasteiger partial charge in [-0.1, -0.05) is 28.9 Å². The molecule has 0 aliphatic rings. The van der Waals surface area contributed by atoms with E-state index in [-0.39, 0.29) is 5.69 Å². The average molecular weight is 344 g/mol. The largest absolute Gasteiger partial charge is 0.361 e. The van der Waals surface area contributed by atoms with E-state index in [1.807, 2.05) is 23.6 Å². The van der Waals surface area contributed by atoms with E-state index in [0.29, 0.717) is 21.5 Å². The summed E-state index contributed by atoms with van der Waals surface area (Å²) < 4.78 is 4.89. The monoisotopic (exact) mass is 343 g/mol. The number of hydrogen-bond acceptors (Lipinski definition) is 6. The molecule has 0 aliphatic carbocycles. The molecule has 3 aromatic rings. The first-order chi connectivity index (χ1) is 11.1. The topological polar surface area (TPSA) is 79.8 Å². The van der Waals surface area contributed by atoms with E-state index in [2.05, 4.69) is 10.1 Å². The molecule has 5 nitrogen and oxygen atoms in total. The van der Waals surface area contributed by atoms with Gasteiger partial charge >= 0.3 is 0 Å². The van der Waals surface area contributed by atoms with E-state index in [0.717, 1.165) is 5.56 Å². The lowest BCUT2D eigenvalue weighted by atomic mass is 10.0. The molecule has 2 aromatic heterocycles. The van der Waals surface area contributed by atoms with Crippen LogP contribution < -0.4 is 0 Å². The Hall–Kier alpha value is -2.49. The molecular weight excluding hydrogens is 334 g/mol. The van der Waals surface area contributed by atoms with Crippen LogP contribution in [-0.2, 0) is 0 Å². The van der Waals surface area contributed by atoms with E-state index in [4.69, 9.17) is 16.1 Å². The van der Waals surface area contributed by atoms with Crippen molar-refractivity contribution < 1.29 is 9.32 Å². The Morgan fingerprint density at radius 2 is 2.13 bits per heavy atom. The maximum Gasteiger partial charge on any atom is 0.208 e. The van der Waals surface area contributed by atoms with Crippen molar-refractivity contribution in [3.05, 3.63) is 57.2 Å². The number of carbonyl (C=O) groups is 1. The van der Waals surface area contributed by atoms with Gasteiger partial charge in [0.25, 0.3) is 0 Å². The first-order valence-corrected chi connectivity index (χ1v) is 7.93. The third-order valence-corrected chi connectivity index (χ3v) is 4.34. The van der Waals surface area contributed by atoms with Gasteiger partial charge in [0.15, 0.2) is 11.6 Å². The fourth-order valence-electron chi connectivity index (χ4n) is 2.03. The van der Waals surface area contributed by atoms with Gasteiger partial charge in [0, 0.05) is 22.0 Å². The minimum Gasteiger partial charge on any atom is -0.361 e. The van der Waals surface area contributed by atoms with Crippen molar-refractivity contribution in [2.24, 2.45) is 0 Å². The second-order valence-electron chi connectivity index (χ2n) is 4.83. The number of nitriles is 1. The fraction of sp³-hybridized carbons (Fsp3) is 0.125. The Labute approximate surface area is 141 Å². The zero-order chi connectivity index (χ0) is 16.4. The van der Waals surface area contributed by atoms with Crippen molar-refractivity contribution in [1.29, 1.82) is 5.26 Å². The van der Waals surface area contributed by atoms with E-state index in [1.165, 1.54) is 17.4 Å². The van der Waals surface area contributed by atoms with Crippen LogP contribution in [0, 0.1) is 18.3 Å². The van der Waals surface area contributed by atoms with Crippen LogP contribution in [-0.4, -0.2) is 15.9 Å². The third-order valence-electron chi connectivity index (χ3n) is 3.18. The predicted octanol–water partition coefficient (Wildman–Crippen LogP) is 4.25. The minimum absolute atomic E-state index is 0.136. The first-order valence-electron chi connectivity index (χ1n) is 6.67.